The Morgan fingerprint density at radius 2 is 1.85 bits per heavy atom. The van der Waals surface area contributed by atoms with E-state index in [0.717, 1.165) is 17.7 Å². The average molecular weight is 374 g/mol. The summed E-state index contributed by atoms with van der Waals surface area (Å²) >= 11 is 0. The number of amides is 1. The molecule has 3 aromatic rings. The predicted octanol–water partition coefficient (Wildman–Crippen LogP) is 4.61. The number of aryl methyl sites for hydroxylation is 1. The number of carbonyl (C=O) groups excluding carboxylic acids is 1. The van der Waals surface area contributed by atoms with Gasteiger partial charge >= 0.3 is 6.18 Å². The Labute approximate surface area is 154 Å². The summed E-state index contributed by atoms with van der Waals surface area (Å²) in [6, 6.07) is 12.0. The molecule has 4 nitrogen and oxygen atoms in total. The standard InChI is InChI=1S/C20H17F3N2O2/c21-20(22,23)16-8-5-14(6-9-16)7-10-18(26)25-13-15-3-1-11-24-19(15)17-4-2-12-27-17/h1-6,8-9,11-12H,7,10,13H2,(H,25,26). The van der Waals surface area contributed by atoms with Crippen molar-refractivity contribution in [3.05, 3.63) is 77.7 Å². The van der Waals surface area contributed by atoms with E-state index in [1.807, 2.05) is 6.07 Å². The van der Waals surface area contributed by atoms with E-state index in [-0.39, 0.29) is 18.9 Å². The second-order valence-electron chi connectivity index (χ2n) is 5.96. The first-order chi connectivity index (χ1) is 12.9. The van der Waals surface area contributed by atoms with Crippen molar-refractivity contribution in [3.8, 4) is 11.5 Å². The zero-order valence-corrected chi connectivity index (χ0v) is 14.3. The van der Waals surface area contributed by atoms with Crippen LogP contribution in [0.3, 0.4) is 0 Å². The molecule has 0 aliphatic heterocycles. The van der Waals surface area contributed by atoms with E-state index in [4.69, 9.17) is 4.42 Å². The lowest BCUT2D eigenvalue weighted by Gasteiger charge is -2.09. The number of rotatable bonds is 6. The topological polar surface area (TPSA) is 55.1 Å². The van der Waals surface area contributed by atoms with Gasteiger partial charge in [-0.2, -0.15) is 13.2 Å². The van der Waals surface area contributed by atoms with E-state index in [1.165, 1.54) is 12.1 Å². The molecule has 0 spiro atoms. The van der Waals surface area contributed by atoms with E-state index in [9.17, 15) is 18.0 Å². The third-order valence-corrected chi connectivity index (χ3v) is 4.04. The zero-order chi connectivity index (χ0) is 19.3. The Bertz CT molecular complexity index is 888. The molecule has 1 N–H and O–H groups in total. The van der Waals surface area contributed by atoms with Crippen LogP contribution in [0.5, 0.6) is 0 Å². The van der Waals surface area contributed by atoms with Gasteiger partial charge in [0.05, 0.1) is 11.8 Å². The molecule has 0 atom stereocenters. The van der Waals surface area contributed by atoms with Gasteiger partial charge in [0.2, 0.25) is 5.91 Å². The van der Waals surface area contributed by atoms with Gasteiger partial charge in [0.25, 0.3) is 0 Å². The highest BCUT2D eigenvalue weighted by Gasteiger charge is 2.29. The van der Waals surface area contributed by atoms with Gasteiger partial charge in [-0.1, -0.05) is 18.2 Å². The van der Waals surface area contributed by atoms with E-state index in [0.29, 0.717) is 23.4 Å². The van der Waals surface area contributed by atoms with Crippen molar-refractivity contribution in [2.75, 3.05) is 0 Å². The lowest BCUT2D eigenvalue weighted by Crippen LogP contribution is -2.23. The van der Waals surface area contributed by atoms with Crippen molar-refractivity contribution in [1.29, 1.82) is 0 Å². The number of hydrogen-bond acceptors (Lipinski definition) is 3. The minimum absolute atomic E-state index is 0.182. The van der Waals surface area contributed by atoms with E-state index < -0.39 is 11.7 Å². The van der Waals surface area contributed by atoms with Crippen molar-refractivity contribution in [3.63, 3.8) is 0 Å². The maximum atomic E-state index is 12.6. The molecule has 140 valence electrons. The molecule has 0 fully saturated rings. The van der Waals surface area contributed by atoms with Gasteiger partial charge in [-0.15, -0.1) is 0 Å². The van der Waals surface area contributed by atoms with Crippen molar-refractivity contribution < 1.29 is 22.4 Å². The highest BCUT2D eigenvalue weighted by molar-refractivity contribution is 5.76. The molecule has 0 saturated heterocycles. The molecule has 0 aliphatic carbocycles. The summed E-state index contributed by atoms with van der Waals surface area (Å²) in [7, 11) is 0. The summed E-state index contributed by atoms with van der Waals surface area (Å²) in [5.74, 6) is 0.425. The second kappa shape index (κ2) is 8.07. The second-order valence-corrected chi connectivity index (χ2v) is 5.96. The molecule has 27 heavy (non-hydrogen) atoms. The van der Waals surface area contributed by atoms with Gasteiger partial charge in [0.1, 0.15) is 5.69 Å². The third-order valence-electron chi connectivity index (χ3n) is 4.04. The molecule has 3 rings (SSSR count). The fourth-order valence-corrected chi connectivity index (χ4v) is 2.62. The average Bonchev–Trinajstić information content (AvgIpc) is 3.19. The van der Waals surface area contributed by atoms with Crippen LogP contribution in [0.4, 0.5) is 13.2 Å². The summed E-state index contributed by atoms with van der Waals surface area (Å²) in [5, 5.41) is 2.81. The number of nitrogens with one attached hydrogen (secondary N) is 1. The van der Waals surface area contributed by atoms with Crippen LogP contribution in [0.1, 0.15) is 23.1 Å². The normalized spacial score (nSPS) is 11.4. The van der Waals surface area contributed by atoms with Gasteiger partial charge in [-0.3, -0.25) is 9.78 Å². The fraction of sp³-hybridized carbons (Fsp3) is 0.200. The van der Waals surface area contributed by atoms with Crippen molar-refractivity contribution in [2.24, 2.45) is 0 Å². The largest absolute Gasteiger partial charge is 0.463 e. The van der Waals surface area contributed by atoms with Crippen LogP contribution in [-0.2, 0) is 23.9 Å². The predicted molar refractivity (Wildman–Crippen MR) is 93.6 cm³/mol. The van der Waals surface area contributed by atoms with Crippen LogP contribution in [0.15, 0.2) is 65.4 Å². The number of pyridine rings is 1. The number of aromatic nitrogens is 1. The zero-order valence-electron chi connectivity index (χ0n) is 14.3. The Hall–Kier alpha value is -3.09. The van der Waals surface area contributed by atoms with Crippen LogP contribution in [-0.4, -0.2) is 10.9 Å². The molecule has 0 bridgehead atoms. The fourth-order valence-electron chi connectivity index (χ4n) is 2.62. The van der Waals surface area contributed by atoms with Crippen molar-refractivity contribution in [2.45, 2.75) is 25.6 Å². The van der Waals surface area contributed by atoms with Gasteiger partial charge in [0, 0.05) is 24.7 Å². The third kappa shape index (κ3) is 4.97. The summed E-state index contributed by atoms with van der Waals surface area (Å²) in [6.07, 6.45) is -0.612. The SMILES string of the molecule is O=C(CCc1ccc(C(F)(F)F)cc1)NCc1cccnc1-c1ccco1. The lowest BCUT2D eigenvalue weighted by molar-refractivity contribution is -0.137. The Balaban J connectivity index is 1.54. The first-order valence-electron chi connectivity index (χ1n) is 8.34. The van der Waals surface area contributed by atoms with Crippen LogP contribution in [0.2, 0.25) is 0 Å². The van der Waals surface area contributed by atoms with Gasteiger partial charge < -0.3 is 9.73 Å². The van der Waals surface area contributed by atoms with Gasteiger partial charge in [-0.05, 0) is 42.3 Å². The summed E-state index contributed by atoms with van der Waals surface area (Å²) in [6.45, 7) is 0.287. The van der Waals surface area contributed by atoms with Crippen LogP contribution in [0.25, 0.3) is 11.5 Å². The monoisotopic (exact) mass is 374 g/mol. The molecular weight excluding hydrogens is 357 g/mol. The number of nitrogens with zero attached hydrogens (tertiary/aromatic N) is 1. The first kappa shape index (κ1) is 18.7. The van der Waals surface area contributed by atoms with E-state index in [1.54, 1.807) is 30.7 Å². The molecule has 0 unspecified atom stereocenters. The Morgan fingerprint density at radius 3 is 2.52 bits per heavy atom. The van der Waals surface area contributed by atoms with Crippen molar-refractivity contribution in [1.82, 2.24) is 10.3 Å². The Kier molecular flexibility index (Phi) is 5.59. The molecule has 0 saturated carbocycles. The molecule has 0 aliphatic rings. The van der Waals surface area contributed by atoms with Gasteiger partial charge in [0.15, 0.2) is 5.76 Å². The maximum absolute atomic E-state index is 12.6. The van der Waals surface area contributed by atoms with Crippen molar-refractivity contribution >= 4 is 5.91 Å². The quantitative estimate of drug-likeness (QED) is 0.686. The minimum Gasteiger partial charge on any atom is -0.463 e. The molecule has 2 heterocycles. The molecule has 1 amide bonds. The summed E-state index contributed by atoms with van der Waals surface area (Å²) < 4.78 is 43.0. The molecular formula is C20H17F3N2O2. The number of carbonyl (C=O) groups is 1. The maximum Gasteiger partial charge on any atom is 0.416 e. The van der Waals surface area contributed by atoms with Crippen LogP contribution < -0.4 is 5.32 Å². The number of benzene rings is 1. The highest BCUT2D eigenvalue weighted by atomic mass is 19.4. The number of hydrogen-bond donors (Lipinski definition) is 1. The van der Waals surface area contributed by atoms with Crippen LogP contribution in [0, 0.1) is 0 Å². The molecule has 7 heteroatoms. The molecule has 1 aromatic carbocycles. The van der Waals surface area contributed by atoms with Crippen LogP contribution >= 0.6 is 0 Å². The summed E-state index contributed by atoms with van der Waals surface area (Å²) in [5.41, 5.74) is 1.45. The first-order valence-corrected chi connectivity index (χ1v) is 8.34. The highest BCUT2D eigenvalue weighted by Crippen LogP contribution is 2.29. The number of alkyl halides is 3. The van der Waals surface area contributed by atoms with Gasteiger partial charge in [-0.25, -0.2) is 0 Å². The number of furan rings is 1. The molecule has 2 aromatic heterocycles. The summed E-state index contributed by atoms with van der Waals surface area (Å²) in [4.78, 5) is 16.4. The minimum atomic E-state index is -4.36. The molecule has 0 radical (unpaired) electrons. The smallest absolute Gasteiger partial charge is 0.416 e. The number of halogens is 3. The Morgan fingerprint density at radius 1 is 1.07 bits per heavy atom. The van der Waals surface area contributed by atoms with E-state index >= 15 is 0 Å². The van der Waals surface area contributed by atoms with E-state index in [2.05, 4.69) is 10.3 Å². The lowest BCUT2D eigenvalue weighted by atomic mass is 10.1.